The first-order valence-electron chi connectivity index (χ1n) is 5.88. The highest BCUT2D eigenvalue weighted by molar-refractivity contribution is 7.46. The molecule has 0 N–H and O–H groups in total. The Labute approximate surface area is 108 Å². The van der Waals surface area contributed by atoms with Gasteiger partial charge in [0.2, 0.25) is 0 Å². The third kappa shape index (κ3) is 2.00. The van der Waals surface area contributed by atoms with Crippen LogP contribution in [-0.2, 0) is 0 Å². The maximum Gasteiger partial charge on any atom is 0.160 e. The summed E-state index contributed by atoms with van der Waals surface area (Å²) in [6.45, 7) is 2.16. The molecule has 18 heavy (non-hydrogen) atoms. The van der Waals surface area contributed by atoms with Crippen LogP contribution in [0.2, 0.25) is 0 Å². The second kappa shape index (κ2) is 4.83. The van der Waals surface area contributed by atoms with Crippen molar-refractivity contribution < 1.29 is 0 Å². The number of benzene rings is 2. The van der Waals surface area contributed by atoms with Gasteiger partial charge in [0.15, 0.2) is 5.82 Å². The molecule has 0 aliphatic carbocycles. The van der Waals surface area contributed by atoms with Crippen molar-refractivity contribution in [3.63, 3.8) is 0 Å². The topological polar surface area (TPSA) is 25.8 Å². The zero-order chi connectivity index (χ0) is 12.4. The van der Waals surface area contributed by atoms with Gasteiger partial charge in [0.05, 0.1) is 11.0 Å². The van der Waals surface area contributed by atoms with E-state index in [0.29, 0.717) is 8.58 Å². The molecule has 3 heteroatoms. The molecule has 1 atom stereocenters. The second-order valence-corrected chi connectivity index (χ2v) is 5.00. The Morgan fingerprint density at radius 2 is 1.56 bits per heavy atom. The van der Waals surface area contributed by atoms with E-state index in [1.54, 1.807) is 0 Å². The van der Waals surface area contributed by atoms with E-state index >= 15 is 0 Å². The van der Waals surface area contributed by atoms with E-state index in [0.717, 1.165) is 27.7 Å². The maximum absolute atomic E-state index is 4.69. The van der Waals surface area contributed by atoms with Gasteiger partial charge in [0.1, 0.15) is 0 Å². The first-order chi connectivity index (χ1) is 8.88. The fraction of sp³-hybridized carbons (Fsp3) is 0.0667. The molecule has 0 saturated carbocycles. The molecule has 0 fully saturated rings. The summed E-state index contributed by atoms with van der Waals surface area (Å²) in [7, 11) is 0.674. The molecule has 0 bridgehead atoms. The standard InChI is InChI=1S/C15H13N2P/c1-18-15-12-9-5-6-10-13(12)16-14(17-15)11-7-3-2-4-8-11/h2-10,18H,1H3. The van der Waals surface area contributed by atoms with Gasteiger partial charge in [-0.2, -0.15) is 0 Å². The molecule has 0 spiro atoms. The molecule has 1 aromatic heterocycles. The van der Waals surface area contributed by atoms with Crippen molar-refractivity contribution in [1.82, 2.24) is 9.97 Å². The number of nitrogens with zero attached hydrogens (tertiary/aromatic N) is 2. The Bertz CT molecular complexity index is 680. The maximum atomic E-state index is 4.69. The predicted molar refractivity (Wildman–Crippen MR) is 78.8 cm³/mol. The van der Waals surface area contributed by atoms with Gasteiger partial charge in [0.25, 0.3) is 0 Å². The van der Waals surface area contributed by atoms with Gasteiger partial charge >= 0.3 is 0 Å². The molecule has 0 aliphatic heterocycles. The lowest BCUT2D eigenvalue weighted by atomic mass is 10.2. The first-order valence-corrected chi connectivity index (χ1v) is 7.38. The number of para-hydroxylation sites is 1. The van der Waals surface area contributed by atoms with Crippen LogP contribution in [-0.4, -0.2) is 16.6 Å². The summed E-state index contributed by atoms with van der Waals surface area (Å²) in [6.07, 6.45) is 0. The van der Waals surface area contributed by atoms with Crippen molar-refractivity contribution in [1.29, 1.82) is 0 Å². The van der Waals surface area contributed by atoms with Crippen LogP contribution in [0.4, 0.5) is 0 Å². The van der Waals surface area contributed by atoms with Crippen LogP contribution in [0.15, 0.2) is 54.6 Å². The molecule has 2 nitrogen and oxygen atoms in total. The molecule has 0 saturated heterocycles. The van der Waals surface area contributed by atoms with Crippen LogP contribution >= 0.6 is 8.58 Å². The van der Waals surface area contributed by atoms with Gasteiger partial charge in [-0.25, -0.2) is 9.97 Å². The SMILES string of the molecule is CPc1nc(-c2ccccc2)nc2ccccc12. The number of rotatable bonds is 2. The minimum Gasteiger partial charge on any atom is -0.228 e. The van der Waals surface area contributed by atoms with Crippen molar-refractivity contribution in [2.24, 2.45) is 0 Å². The van der Waals surface area contributed by atoms with Crippen LogP contribution in [0.25, 0.3) is 22.3 Å². The monoisotopic (exact) mass is 252 g/mol. The Morgan fingerprint density at radius 3 is 2.33 bits per heavy atom. The highest BCUT2D eigenvalue weighted by Gasteiger charge is 2.07. The molecule has 0 aliphatic rings. The van der Waals surface area contributed by atoms with Gasteiger partial charge in [-0.3, -0.25) is 0 Å². The van der Waals surface area contributed by atoms with Crippen molar-refractivity contribution in [3.8, 4) is 11.4 Å². The minimum atomic E-state index is 0.674. The highest BCUT2D eigenvalue weighted by Crippen LogP contribution is 2.20. The average molecular weight is 252 g/mol. The molecule has 88 valence electrons. The van der Waals surface area contributed by atoms with Crippen LogP contribution < -0.4 is 5.44 Å². The molecule has 3 rings (SSSR count). The first kappa shape index (κ1) is 11.3. The van der Waals surface area contributed by atoms with E-state index < -0.39 is 0 Å². The lowest BCUT2D eigenvalue weighted by Gasteiger charge is -2.06. The Balaban J connectivity index is 2.26. The van der Waals surface area contributed by atoms with E-state index in [-0.39, 0.29) is 0 Å². The highest BCUT2D eigenvalue weighted by atomic mass is 31.1. The fourth-order valence-corrected chi connectivity index (χ4v) is 2.68. The zero-order valence-electron chi connectivity index (χ0n) is 10.1. The van der Waals surface area contributed by atoms with Crippen molar-refractivity contribution >= 4 is 24.9 Å². The van der Waals surface area contributed by atoms with Gasteiger partial charge < -0.3 is 0 Å². The third-order valence-electron chi connectivity index (χ3n) is 2.87. The molecule has 0 amide bonds. The van der Waals surface area contributed by atoms with Crippen LogP contribution in [0.1, 0.15) is 0 Å². The van der Waals surface area contributed by atoms with Gasteiger partial charge in [-0.1, -0.05) is 57.1 Å². The number of hydrogen-bond donors (Lipinski definition) is 0. The average Bonchev–Trinajstić information content (AvgIpc) is 2.47. The van der Waals surface area contributed by atoms with E-state index in [9.17, 15) is 0 Å². The molecular weight excluding hydrogens is 239 g/mol. The van der Waals surface area contributed by atoms with E-state index in [1.165, 1.54) is 0 Å². The summed E-state index contributed by atoms with van der Waals surface area (Å²) in [5.41, 5.74) is 3.23. The summed E-state index contributed by atoms with van der Waals surface area (Å²) >= 11 is 0. The Morgan fingerprint density at radius 1 is 0.833 bits per heavy atom. The molecule has 1 unspecified atom stereocenters. The quantitative estimate of drug-likeness (QED) is 0.654. The molecule has 0 radical (unpaired) electrons. The largest absolute Gasteiger partial charge is 0.228 e. The summed E-state index contributed by atoms with van der Waals surface area (Å²) in [4.78, 5) is 9.34. The van der Waals surface area contributed by atoms with Gasteiger partial charge in [-0.15, -0.1) is 0 Å². The van der Waals surface area contributed by atoms with Crippen molar-refractivity contribution in [2.75, 3.05) is 6.66 Å². The van der Waals surface area contributed by atoms with Crippen molar-refractivity contribution in [2.45, 2.75) is 0 Å². The van der Waals surface area contributed by atoms with E-state index in [2.05, 4.69) is 17.7 Å². The van der Waals surface area contributed by atoms with E-state index in [1.807, 2.05) is 48.5 Å². The van der Waals surface area contributed by atoms with Gasteiger partial charge in [0, 0.05) is 10.9 Å². The molecule has 3 aromatic rings. The molecular formula is C15H13N2P. The van der Waals surface area contributed by atoms with Crippen LogP contribution in [0.3, 0.4) is 0 Å². The third-order valence-corrected chi connectivity index (χ3v) is 3.73. The summed E-state index contributed by atoms with van der Waals surface area (Å²) in [5.74, 6) is 0.818. The van der Waals surface area contributed by atoms with Crippen LogP contribution in [0, 0.1) is 0 Å². The normalized spacial score (nSPS) is 11.4. The Hall–Kier alpha value is -1.79. The lowest BCUT2D eigenvalue weighted by Crippen LogP contribution is -2.06. The zero-order valence-corrected chi connectivity index (χ0v) is 11.1. The summed E-state index contributed by atoms with van der Waals surface area (Å²) in [5, 5.41) is 1.16. The predicted octanol–water partition coefficient (Wildman–Crippen LogP) is 3.23. The number of hydrogen-bond acceptors (Lipinski definition) is 2. The summed E-state index contributed by atoms with van der Waals surface area (Å²) < 4.78 is 0. The number of fused-ring (bicyclic) bond motifs is 1. The van der Waals surface area contributed by atoms with Crippen molar-refractivity contribution in [3.05, 3.63) is 54.6 Å². The molecule has 1 heterocycles. The van der Waals surface area contributed by atoms with Gasteiger partial charge in [-0.05, 0) is 12.7 Å². The molecule has 2 aromatic carbocycles. The number of aromatic nitrogens is 2. The smallest absolute Gasteiger partial charge is 0.160 e. The van der Waals surface area contributed by atoms with E-state index in [4.69, 9.17) is 4.98 Å². The second-order valence-electron chi connectivity index (χ2n) is 4.03. The summed E-state index contributed by atoms with van der Waals surface area (Å²) in [6, 6.07) is 18.3. The van der Waals surface area contributed by atoms with Crippen LogP contribution in [0.5, 0.6) is 0 Å². The lowest BCUT2D eigenvalue weighted by molar-refractivity contribution is 1.26. The minimum absolute atomic E-state index is 0.674. The fourth-order valence-electron chi connectivity index (χ4n) is 1.98. The Kier molecular flexibility index (Phi) is 3.04.